The first kappa shape index (κ1) is 19.4. The smallest absolute Gasteiger partial charge is 0.325 e. The van der Waals surface area contributed by atoms with Crippen molar-refractivity contribution in [3.05, 3.63) is 42.2 Å². The van der Waals surface area contributed by atoms with Crippen molar-refractivity contribution in [2.24, 2.45) is 7.05 Å². The molecule has 9 heteroatoms. The van der Waals surface area contributed by atoms with E-state index in [1.807, 2.05) is 30.8 Å². The van der Waals surface area contributed by atoms with Crippen molar-refractivity contribution in [2.75, 3.05) is 25.5 Å². The number of aromatic nitrogens is 4. The molecule has 1 amide bonds. The average Bonchev–Trinajstić information content (AvgIpc) is 3.35. The van der Waals surface area contributed by atoms with Crippen molar-refractivity contribution in [1.29, 1.82) is 0 Å². The van der Waals surface area contributed by atoms with Gasteiger partial charge < -0.3 is 24.9 Å². The van der Waals surface area contributed by atoms with Crippen LogP contribution in [0.5, 0.6) is 0 Å². The Kier molecular flexibility index (Phi) is 5.09. The summed E-state index contributed by atoms with van der Waals surface area (Å²) >= 11 is 0. The van der Waals surface area contributed by atoms with Crippen LogP contribution in [0.1, 0.15) is 17.3 Å². The molecule has 30 heavy (non-hydrogen) atoms. The van der Waals surface area contributed by atoms with Crippen LogP contribution in [0.3, 0.4) is 0 Å². The fourth-order valence-electron chi connectivity index (χ4n) is 3.42. The summed E-state index contributed by atoms with van der Waals surface area (Å²) in [6, 6.07) is 9.17. The van der Waals surface area contributed by atoms with Crippen molar-refractivity contribution in [3.63, 3.8) is 0 Å². The van der Waals surface area contributed by atoms with Gasteiger partial charge in [-0.3, -0.25) is 9.59 Å². The fraction of sp³-hybridized carbons (Fsp3) is 0.238. The third-order valence-corrected chi connectivity index (χ3v) is 4.81. The predicted octanol–water partition coefficient (Wildman–Crippen LogP) is 2.45. The number of aromatic amines is 1. The van der Waals surface area contributed by atoms with Gasteiger partial charge in [0, 0.05) is 30.7 Å². The molecule has 0 aliphatic heterocycles. The zero-order valence-corrected chi connectivity index (χ0v) is 16.9. The molecule has 3 heterocycles. The van der Waals surface area contributed by atoms with Crippen LogP contribution in [-0.4, -0.2) is 51.6 Å². The zero-order chi connectivity index (χ0) is 21.3. The molecule has 0 bridgehead atoms. The van der Waals surface area contributed by atoms with Gasteiger partial charge in [-0.1, -0.05) is 12.1 Å². The lowest BCUT2D eigenvalue weighted by atomic mass is 10.1. The van der Waals surface area contributed by atoms with Gasteiger partial charge in [0.05, 0.1) is 18.5 Å². The number of esters is 1. The molecule has 0 fully saturated rings. The van der Waals surface area contributed by atoms with Gasteiger partial charge in [-0.25, -0.2) is 9.97 Å². The molecule has 0 spiro atoms. The fourth-order valence-corrected chi connectivity index (χ4v) is 3.42. The van der Waals surface area contributed by atoms with E-state index in [4.69, 9.17) is 4.74 Å². The number of aryl methyl sites for hydroxylation is 1. The standard InChI is InChI=1S/C21H22N6O3/c1-4-30-16(28)10-23-21(29)13-7-5-6-12(8-13)15-9-14-18-17(24-11-27(18)3)20(22-2)26-19(14)25-15/h5-9,11H,4,10H2,1-3H3,(H,23,29)(H2,22,25,26). The van der Waals surface area contributed by atoms with E-state index >= 15 is 0 Å². The molecule has 0 aliphatic carbocycles. The minimum absolute atomic E-state index is 0.168. The second kappa shape index (κ2) is 7.86. The Morgan fingerprint density at radius 3 is 2.87 bits per heavy atom. The summed E-state index contributed by atoms with van der Waals surface area (Å²) in [6.45, 7) is 1.83. The van der Waals surface area contributed by atoms with E-state index in [0.29, 0.717) is 11.4 Å². The molecule has 0 saturated heterocycles. The molecule has 0 radical (unpaired) electrons. The van der Waals surface area contributed by atoms with Gasteiger partial charge in [0.15, 0.2) is 5.82 Å². The quantitative estimate of drug-likeness (QED) is 0.424. The summed E-state index contributed by atoms with van der Waals surface area (Å²) in [5.41, 5.74) is 4.60. The number of nitrogens with one attached hydrogen (secondary N) is 3. The van der Waals surface area contributed by atoms with Crippen LogP contribution in [-0.2, 0) is 16.6 Å². The van der Waals surface area contributed by atoms with Gasteiger partial charge in [-0.15, -0.1) is 0 Å². The monoisotopic (exact) mass is 406 g/mol. The predicted molar refractivity (Wildman–Crippen MR) is 114 cm³/mol. The number of fused-ring (bicyclic) bond motifs is 3. The molecule has 9 nitrogen and oxygen atoms in total. The maximum absolute atomic E-state index is 12.4. The SMILES string of the molecule is CCOC(=O)CNC(=O)c1cccc(-c2cc3c(nc(NC)c4ncn(C)c43)[nH]2)c1. The molecule has 0 unspecified atom stereocenters. The lowest BCUT2D eigenvalue weighted by molar-refractivity contribution is -0.141. The van der Waals surface area contributed by atoms with Crippen LogP contribution >= 0.6 is 0 Å². The maximum Gasteiger partial charge on any atom is 0.325 e. The number of carbonyl (C=O) groups excluding carboxylic acids is 2. The second-order valence-electron chi connectivity index (χ2n) is 6.78. The lowest BCUT2D eigenvalue weighted by Gasteiger charge is -2.06. The number of benzene rings is 1. The van der Waals surface area contributed by atoms with Crippen molar-refractivity contribution < 1.29 is 14.3 Å². The van der Waals surface area contributed by atoms with Crippen LogP contribution in [0.4, 0.5) is 5.82 Å². The first-order valence-electron chi connectivity index (χ1n) is 9.57. The summed E-state index contributed by atoms with van der Waals surface area (Å²) in [5.74, 6) is -0.117. The number of amides is 1. The first-order valence-corrected chi connectivity index (χ1v) is 9.57. The number of imidazole rings is 1. The number of carbonyl (C=O) groups is 2. The summed E-state index contributed by atoms with van der Waals surface area (Å²) in [4.78, 5) is 36.3. The highest BCUT2D eigenvalue weighted by molar-refractivity contribution is 6.07. The Labute approximate surface area is 172 Å². The Hall–Kier alpha value is -3.88. The summed E-state index contributed by atoms with van der Waals surface area (Å²) in [5, 5.41) is 6.60. The molecule has 3 aromatic heterocycles. The lowest BCUT2D eigenvalue weighted by Crippen LogP contribution is -2.30. The molecule has 4 rings (SSSR count). The zero-order valence-electron chi connectivity index (χ0n) is 16.9. The Morgan fingerprint density at radius 2 is 2.10 bits per heavy atom. The molecule has 0 saturated carbocycles. The molecule has 3 N–H and O–H groups in total. The van der Waals surface area contributed by atoms with Gasteiger partial charge in [0.1, 0.15) is 17.7 Å². The summed E-state index contributed by atoms with van der Waals surface area (Å²) in [7, 11) is 3.75. The van der Waals surface area contributed by atoms with E-state index in [9.17, 15) is 9.59 Å². The first-order chi connectivity index (χ1) is 14.5. The number of pyridine rings is 1. The van der Waals surface area contributed by atoms with Crippen molar-refractivity contribution in [3.8, 4) is 11.3 Å². The van der Waals surface area contributed by atoms with E-state index in [1.54, 1.807) is 31.5 Å². The summed E-state index contributed by atoms with van der Waals surface area (Å²) < 4.78 is 6.79. The van der Waals surface area contributed by atoms with E-state index in [1.165, 1.54) is 0 Å². The second-order valence-corrected chi connectivity index (χ2v) is 6.78. The third-order valence-electron chi connectivity index (χ3n) is 4.81. The molecule has 4 aromatic rings. The van der Waals surface area contributed by atoms with E-state index < -0.39 is 5.97 Å². The third kappa shape index (κ3) is 3.45. The number of hydrogen-bond donors (Lipinski definition) is 3. The number of H-pyrrole nitrogens is 1. The van der Waals surface area contributed by atoms with Crippen LogP contribution in [0, 0.1) is 0 Å². The number of rotatable bonds is 6. The largest absolute Gasteiger partial charge is 0.465 e. The minimum atomic E-state index is -0.468. The summed E-state index contributed by atoms with van der Waals surface area (Å²) in [6.07, 6.45) is 1.76. The number of hydrogen-bond acceptors (Lipinski definition) is 6. The van der Waals surface area contributed by atoms with Crippen LogP contribution in [0.25, 0.3) is 33.3 Å². The van der Waals surface area contributed by atoms with Gasteiger partial charge in [-0.05, 0) is 30.7 Å². The molecular weight excluding hydrogens is 384 g/mol. The van der Waals surface area contributed by atoms with E-state index in [2.05, 4.69) is 25.6 Å². The van der Waals surface area contributed by atoms with Gasteiger partial charge in [0.25, 0.3) is 5.91 Å². The van der Waals surface area contributed by atoms with Gasteiger partial charge in [-0.2, -0.15) is 0 Å². The normalized spacial score (nSPS) is 11.0. The van der Waals surface area contributed by atoms with Gasteiger partial charge >= 0.3 is 5.97 Å². The highest BCUT2D eigenvalue weighted by Gasteiger charge is 2.16. The molecular formula is C21H22N6O3. The van der Waals surface area contributed by atoms with Gasteiger partial charge in [0.2, 0.25) is 0 Å². The Morgan fingerprint density at radius 1 is 1.27 bits per heavy atom. The molecule has 0 atom stereocenters. The topological polar surface area (TPSA) is 114 Å². The molecule has 0 aliphatic rings. The highest BCUT2D eigenvalue weighted by atomic mass is 16.5. The number of anilines is 1. The Bertz CT molecular complexity index is 1260. The van der Waals surface area contributed by atoms with Crippen LogP contribution in [0.2, 0.25) is 0 Å². The number of nitrogens with zero attached hydrogens (tertiary/aromatic N) is 3. The maximum atomic E-state index is 12.4. The highest BCUT2D eigenvalue weighted by Crippen LogP contribution is 2.31. The van der Waals surface area contributed by atoms with Crippen molar-refractivity contribution >= 4 is 39.8 Å². The Balaban J connectivity index is 1.68. The average molecular weight is 406 g/mol. The molecule has 1 aromatic carbocycles. The van der Waals surface area contributed by atoms with Crippen LogP contribution < -0.4 is 10.6 Å². The van der Waals surface area contributed by atoms with Crippen molar-refractivity contribution in [1.82, 2.24) is 24.8 Å². The van der Waals surface area contributed by atoms with E-state index in [-0.39, 0.29) is 19.1 Å². The van der Waals surface area contributed by atoms with Crippen molar-refractivity contribution in [2.45, 2.75) is 6.92 Å². The van der Waals surface area contributed by atoms with Crippen LogP contribution in [0.15, 0.2) is 36.7 Å². The van der Waals surface area contributed by atoms with E-state index in [0.717, 1.165) is 33.3 Å². The molecule has 154 valence electrons. The number of ether oxygens (including phenoxy) is 1. The minimum Gasteiger partial charge on any atom is -0.465 e.